The smallest absolute Gasteiger partial charge is 0.334 e. The maximum Gasteiger partial charge on any atom is 0.334 e. The SMILES string of the molecule is C/C(C(=O)O)=C(\O)C(O)OC(C)/C(CO)=C(\O)C(O)OCCN. The van der Waals surface area contributed by atoms with Crippen LogP contribution in [0.1, 0.15) is 13.8 Å². The molecular formula is C13H23NO9. The van der Waals surface area contributed by atoms with Gasteiger partial charge in [0.05, 0.1) is 24.9 Å². The van der Waals surface area contributed by atoms with Gasteiger partial charge in [0.2, 0.25) is 12.6 Å². The number of carboxylic acids is 1. The summed E-state index contributed by atoms with van der Waals surface area (Å²) in [6.07, 6.45) is -4.93. The number of nitrogens with two attached hydrogens (primary N) is 1. The van der Waals surface area contributed by atoms with Crippen molar-refractivity contribution in [1.29, 1.82) is 0 Å². The van der Waals surface area contributed by atoms with E-state index in [-0.39, 0.29) is 18.7 Å². The third-order valence-electron chi connectivity index (χ3n) is 2.89. The lowest BCUT2D eigenvalue weighted by Gasteiger charge is -2.22. The van der Waals surface area contributed by atoms with Crippen molar-refractivity contribution in [3.63, 3.8) is 0 Å². The number of aliphatic carboxylic acids is 1. The van der Waals surface area contributed by atoms with E-state index in [4.69, 9.17) is 20.3 Å². The number of ether oxygens (including phenoxy) is 2. The van der Waals surface area contributed by atoms with E-state index in [1.165, 1.54) is 6.92 Å². The van der Waals surface area contributed by atoms with Crippen molar-refractivity contribution >= 4 is 5.97 Å². The lowest BCUT2D eigenvalue weighted by Crippen LogP contribution is -2.29. The number of aliphatic hydroxyl groups excluding tert-OH is 5. The Kier molecular flexibility index (Phi) is 9.41. The van der Waals surface area contributed by atoms with Crippen molar-refractivity contribution in [2.75, 3.05) is 19.8 Å². The molecule has 134 valence electrons. The zero-order valence-corrected chi connectivity index (χ0v) is 12.8. The Morgan fingerprint density at radius 2 is 1.70 bits per heavy atom. The largest absolute Gasteiger partial charge is 0.507 e. The van der Waals surface area contributed by atoms with Gasteiger partial charge in [0.15, 0.2) is 11.5 Å². The Morgan fingerprint density at radius 1 is 1.13 bits per heavy atom. The van der Waals surface area contributed by atoms with Crippen LogP contribution in [-0.4, -0.2) is 75.1 Å². The fourth-order valence-corrected chi connectivity index (χ4v) is 1.47. The average molecular weight is 337 g/mol. The van der Waals surface area contributed by atoms with Crippen LogP contribution in [0.4, 0.5) is 0 Å². The molecule has 0 aliphatic heterocycles. The number of carboxylic acid groups (broad SMARTS) is 1. The predicted octanol–water partition coefficient (Wildman–Crippen LogP) is -1.28. The van der Waals surface area contributed by atoms with Crippen molar-refractivity contribution in [2.24, 2.45) is 5.73 Å². The van der Waals surface area contributed by atoms with E-state index < -0.39 is 48.4 Å². The van der Waals surface area contributed by atoms with E-state index in [0.29, 0.717) is 0 Å². The number of hydrogen-bond acceptors (Lipinski definition) is 9. The van der Waals surface area contributed by atoms with Gasteiger partial charge in [0, 0.05) is 12.1 Å². The zero-order chi connectivity index (χ0) is 18.2. The Morgan fingerprint density at radius 3 is 2.13 bits per heavy atom. The molecule has 3 unspecified atom stereocenters. The molecule has 0 radical (unpaired) electrons. The highest BCUT2D eigenvalue weighted by Gasteiger charge is 2.25. The lowest BCUT2D eigenvalue weighted by molar-refractivity contribution is -0.136. The molecule has 0 aliphatic rings. The summed E-state index contributed by atoms with van der Waals surface area (Å²) in [7, 11) is 0. The summed E-state index contributed by atoms with van der Waals surface area (Å²) in [5.41, 5.74) is 4.42. The minimum absolute atomic E-state index is 0.0524. The molecule has 0 fully saturated rings. The van der Waals surface area contributed by atoms with Crippen molar-refractivity contribution < 1.29 is 44.9 Å². The lowest BCUT2D eigenvalue weighted by atomic mass is 10.1. The highest BCUT2D eigenvalue weighted by atomic mass is 16.6. The Hall–Kier alpha value is -1.69. The molecule has 0 heterocycles. The number of hydrogen-bond donors (Lipinski definition) is 7. The zero-order valence-electron chi connectivity index (χ0n) is 12.8. The van der Waals surface area contributed by atoms with Gasteiger partial charge in [-0.2, -0.15) is 0 Å². The van der Waals surface area contributed by atoms with Crippen LogP contribution in [0.25, 0.3) is 0 Å². The van der Waals surface area contributed by atoms with Crippen LogP contribution in [0, 0.1) is 0 Å². The monoisotopic (exact) mass is 337 g/mol. The third kappa shape index (κ3) is 6.52. The van der Waals surface area contributed by atoms with Gasteiger partial charge in [-0.15, -0.1) is 0 Å². The van der Waals surface area contributed by atoms with Crippen LogP contribution in [0.2, 0.25) is 0 Å². The van der Waals surface area contributed by atoms with Gasteiger partial charge in [-0.25, -0.2) is 4.79 Å². The first-order valence-corrected chi connectivity index (χ1v) is 6.66. The fraction of sp³-hybridized carbons (Fsp3) is 0.615. The van der Waals surface area contributed by atoms with Gasteiger partial charge < -0.3 is 45.8 Å². The molecule has 0 aromatic heterocycles. The maximum atomic E-state index is 10.7. The van der Waals surface area contributed by atoms with E-state index in [1.54, 1.807) is 0 Å². The molecule has 10 heteroatoms. The summed E-state index contributed by atoms with van der Waals surface area (Å²) in [5.74, 6) is -3.12. The molecule has 0 aromatic rings. The predicted molar refractivity (Wildman–Crippen MR) is 77.3 cm³/mol. The van der Waals surface area contributed by atoms with Gasteiger partial charge in [0.25, 0.3) is 0 Å². The van der Waals surface area contributed by atoms with Crippen LogP contribution in [0.15, 0.2) is 22.7 Å². The number of carbonyl (C=O) groups is 1. The minimum Gasteiger partial charge on any atom is -0.507 e. The highest BCUT2D eigenvalue weighted by molar-refractivity contribution is 5.86. The van der Waals surface area contributed by atoms with Crippen LogP contribution in [0.3, 0.4) is 0 Å². The summed E-state index contributed by atoms with van der Waals surface area (Å²) in [5, 5.41) is 56.4. The molecule has 3 atom stereocenters. The molecule has 0 amide bonds. The molecule has 0 aromatic carbocycles. The third-order valence-corrected chi connectivity index (χ3v) is 2.89. The number of rotatable bonds is 10. The molecular weight excluding hydrogens is 314 g/mol. The molecule has 0 spiro atoms. The normalized spacial score (nSPS) is 17.8. The number of aliphatic hydroxyl groups is 5. The highest BCUT2D eigenvalue weighted by Crippen LogP contribution is 2.18. The van der Waals surface area contributed by atoms with Gasteiger partial charge in [-0.3, -0.25) is 0 Å². The fourth-order valence-electron chi connectivity index (χ4n) is 1.47. The standard InChI is InChI=1S/C13H23NO9/c1-6(11(18)19)9(16)13(21)23-7(2)8(5-15)10(17)12(20)22-4-3-14/h7,12-13,15-17,20-21H,3-5,14H2,1-2H3,(H,18,19)/b9-6+,10-8-. The minimum atomic E-state index is -2.00. The molecule has 0 rings (SSSR count). The van der Waals surface area contributed by atoms with E-state index in [1.807, 2.05) is 0 Å². The van der Waals surface area contributed by atoms with Crippen molar-refractivity contribution in [2.45, 2.75) is 32.5 Å². The Balaban J connectivity index is 5.13. The van der Waals surface area contributed by atoms with Crippen molar-refractivity contribution in [1.82, 2.24) is 0 Å². The quantitative estimate of drug-likeness (QED) is 0.144. The first kappa shape index (κ1) is 21.3. The van der Waals surface area contributed by atoms with E-state index in [2.05, 4.69) is 0 Å². The van der Waals surface area contributed by atoms with Gasteiger partial charge in [-0.1, -0.05) is 0 Å². The molecule has 23 heavy (non-hydrogen) atoms. The summed E-state index contributed by atoms with van der Waals surface area (Å²) in [4.78, 5) is 10.7. The summed E-state index contributed by atoms with van der Waals surface area (Å²) in [6, 6.07) is 0. The first-order chi connectivity index (χ1) is 10.7. The van der Waals surface area contributed by atoms with E-state index >= 15 is 0 Å². The second-order valence-electron chi connectivity index (χ2n) is 4.53. The van der Waals surface area contributed by atoms with E-state index in [0.717, 1.165) is 6.92 Å². The first-order valence-electron chi connectivity index (χ1n) is 6.66. The Labute approximate surface area is 132 Å². The molecule has 0 saturated heterocycles. The molecule has 0 saturated carbocycles. The van der Waals surface area contributed by atoms with Crippen LogP contribution in [-0.2, 0) is 14.3 Å². The van der Waals surface area contributed by atoms with Crippen molar-refractivity contribution in [3.05, 3.63) is 22.7 Å². The molecule has 10 nitrogen and oxygen atoms in total. The topological polar surface area (TPSA) is 183 Å². The molecule has 0 bridgehead atoms. The average Bonchev–Trinajstić information content (AvgIpc) is 2.51. The Bertz CT molecular complexity index is 460. The summed E-state index contributed by atoms with van der Waals surface area (Å²) >= 11 is 0. The van der Waals surface area contributed by atoms with E-state index in [9.17, 15) is 30.3 Å². The molecule has 8 N–H and O–H groups in total. The second kappa shape index (κ2) is 10.2. The van der Waals surface area contributed by atoms with Gasteiger partial charge in [0.1, 0.15) is 0 Å². The van der Waals surface area contributed by atoms with Crippen molar-refractivity contribution in [3.8, 4) is 0 Å². The summed E-state index contributed by atoms with van der Waals surface area (Å²) < 4.78 is 9.69. The van der Waals surface area contributed by atoms with Crippen LogP contribution >= 0.6 is 0 Å². The van der Waals surface area contributed by atoms with Crippen LogP contribution in [0.5, 0.6) is 0 Å². The summed E-state index contributed by atoms with van der Waals surface area (Å²) in [6.45, 7) is 1.65. The van der Waals surface area contributed by atoms with Gasteiger partial charge in [-0.05, 0) is 13.8 Å². The van der Waals surface area contributed by atoms with Crippen LogP contribution < -0.4 is 5.73 Å². The second-order valence-corrected chi connectivity index (χ2v) is 4.53. The molecule has 0 aliphatic carbocycles. The maximum absolute atomic E-state index is 10.7. The van der Waals surface area contributed by atoms with Gasteiger partial charge >= 0.3 is 5.97 Å².